The van der Waals surface area contributed by atoms with Crippen molar-refractivity contribution < 1.29 is 9.47 Å². The number of rotatable bonds is 6. The van der Waals surface area contributed by atoms with E-state index in [1.54, 1.807) is 0 Å². The number of nitrogens with zero attached hydrogens (tertiary/aromatic N) is 2. The van der Waals surface area contributed by atoms with Gasteiger partial charge in [-0.05, 0) is 38.0 Å². The van der Waals surface area contributed by atoms with Gasteiger partial charge in [0.25, 0.3) is 0 Å². The van der Waals surface area contributed by atoms with Gasteiger partial charge in [0.15, 0.2) is 5.96 Å². The Morgan fingerprint density at radius 2 is 2.12 bits per heavy atom. The molecule has 1 aliphatic rings. The third kappa shape index (κ3) is 7.14. The molecule has 0 unspecified atom stereocenters. The molecule has 0 bridgehead atoms. The maximum absolute atomic E-state index is 5.73. The summed E-state index contributed by atoms with van der Waals surface area (Å²) in [6.45, 7) is 6.14. The molecule has 1 N–H and O–H groups in total. The summed E-state index contributed by atoms with van der Waals surface area (Å²) in [6.07, 6.45) is 2.51. The predicted octanol–water partition coefficient (Wildman–Crippen LogP) is 3.52. The van der Waals surface area contributed by atoms with Crippen LogP contribution in [0, 0.1) is 0 Å². The Hall–Kier alpha value is -0.540. The number of nitrogens with one attached hydrogen (secondary N) is 1. The molecule has 1 aliphatic heterocycles. The molecule has 7 heteroatoms. The van der Waals surface area contributed by atoms with Crippen LogP contribution in [0.1, 0.15) is 19.8 Å². The number of halogens is 2. The minimum absolute atomic E-state index is 0. The minimum atomic E-state index is 0. The smallest absolute Gasteiger partial charge is 0.193 e. The Labute approximate surface area is 170 Å². The first-order chi connectivity index (χ1) is 11.2. The Balaban J connectivity index is 0.00000288. The zero-order valence-electron chi connectivity index (χ0n) is 14.3. The number of hydrogen-bond donors (Lipinski definition) is 1. The predicted molar refractivity (Wildman–Crippen MR) is 113 cm³/mol. The molecule has 0 amide bonds. The molecule has 2 rings (SSSR count). The molecule has 0 atom stereocenters. The number of guanidine groups is 1. The second-order valence-corrected chi connectivity index (χ2v) is 6.34. The number of likely N-dealkylation sites (tertiary alicyclic amines) is 1. The van der Waals surface area contributed by atoms with E-state index >= 15 is 0 Å². The highest BCUT2D eigenvalue weighted by Crippen LogP contribution is 2.17. The molecule has 0 radical (unpaired) electrons. The highest BCUT2D eigenvalue weighted by atomic mass is 127. The molecular weight excluding hydrogens is 485 g/mol. The van der Waals surface area contributed by atoms with Crippen LogP contribution >= 0.6 is 39.9 Å². The monoisotopic (exact) mass is 511 g/mol. The quantitative estimate of drug-likeness (QED) is 0.275. The second kappa shape index (κ2) is 11.9. The number of piperidine rings is 1. The first-order valence-electron chi connectivity index (χ1n) is 8.18. The molecule has 1 heterocycles. The Kier molecular flexibility index (Phi) is 10.7. The first-order valence-corrected chi connectivity index (χ1v) is 8.97. The molecule has 1 aromatic rings. The fraction of sp³-hybridized carbons (Fsp3) is 0.588. The van der Waals surface area contributed by atoms with Crippen molar-refractivity contribution in [2.45, 2.75) is 25.9 Å². The third-order valence-electron chi connectivity index (χ3n) is 3.81. The third-order valence-corrected chi connectivity index (χ3v) is 4.30. The van der Waals surface area contributed by atoms with Gasteiger partial charge in [-0.3, -0.25) is 4.99 Å². The Bertz CT molecular complexity index is 508. The highest BCUT2D eigenvalue weighted by molar-refractivity contribution is 14.0. The summed E-state index contributed by atoms with van der Waals surface area (Å²) in [5.41, 5.74) is 0. The molecule has 1 fully saturated rings. The van der Waals surface area contributed by atoms with E-state index < -0.39 is 0 Å². The average molecular weight is 512 g/mol. The fourth-order valence-corrected chi connectivity index (χ4v) is 3.07. The highest BCUT2D eigenvalue weighted by Gasteiger charge is 2.21. The van der Waals surface area contributed by atoms with Crippen molar-refractivity contribution in [1.29, 1.82) is 0 Å². The summed E-state index contributed by atoms with van der Waals surface area (Å²) < 4.78 is 12.4. The van der Waals surface area contributed by atoms with Crippen LogP contribution in [0.4, 0.5) is 0 Å². The van der Waals surface area contributed by atoms with Gasteiger partial charge in [-0.25, -0.2) is 0 Å². The van der Waals surface area contributed by atoms with Crippen LogP contribution in [0.5, 0.6) is 5.75 Å². The van der Waals surface area contributed by atoms with Crippen LogP contribution < -0.4 is 10.1 Å². The number of aliphatic imine (C=N–C) groups is 1. The van der Waals surface area contributed by atoms with Crippen LogP contribution in [0.25, 0.3) is 0 Å². The summed E-state index contributed by atoms with van der Waals surface area (Å²) in [7, 11) is 1.83. The molecule has 1 saturated heterocycles. The van der Waals surface area contributed by atoms with Crippen LogP contribution in [-0.2, 0) is 4.74 Å². The van der Waals surface area contributed by atoms with E-state index in [1.165, 1.54) is 0 Å². The van der Waals surface area contributed by atoms with E-state index in [0.717, 1.165) is 55.3 Å². The van der Waals surface area contributed by atoms with E-state index in [2.05, 4.69) is 38.1 Å². The minimum Gasteiger partial charge on any atom is -0.492 e. The molecule has 0 aromatic heterocycles. The van der Waals surface area contributed by atoms with Gasteiger partial charge >= 0.3 is 0 Å². The summed E-state index contributed by atoms with van der Waals surface area (Å²) >= 11 is 3.44. The van der Waals surface area contributed by atoms with Gasteiger partial charge in [0.05, 0.1) is 12.6 Å². The molecular formula is C17H27BrIN3O2. The summed E-state index contributed by atoms with van der Waals surface area (Å²) in [5, 5.41) is 3.37. The summed E-state index contributed by atoms with van der Waals surface area (Å²) in [5.74, 6) is 1.81. The maximum Gasteiger partial charge on any atom is 0.193 e. The van der Waals surface area contributed by atoms with Crippen LogP contribution in [0.2, 0.25) is 0 Å². The number of hydrogen-bond acceptors (Lipinski definition) is 3. The van der Waals surface area contributed by atoms with Crippen molar-refractivity contribution in [3.8, 4) is 5.75 Å². The van der Waals surface area contributed by atoms with Crippen molar-refractivity contribution >= 4 is 45.9 Å². The normalized spacial score (nSPS) is 15.8. The van der Waals surface area contributed by atoms with Crippen molar-refractivity contribution in [2.75, 3.05) is 39.9 Å². The number of ether oxygens (including phenoxy) is 2. The first kappa shape index (κ1) is 21.5. The largest absolute Gasteiger partial charge is 0.492 e. The van der Waals surface area contributed by atoms with Gasteiger partial charge < -0.3 is 19.7 Å². The van der Waals surface area contributed by atoms with Gasteiger partial charge in [-0.15, -0.1) is 24.0 Å². The number of benzene rings is 1. The molecule has 1 aromatic carbocycles. The van der Waals surface area contributed by atoms with E-state index in [1.807, 2.05) is 31.3 Å². The molecule has 24 heavy (non-hydrogen) atoms. The van der Waals surface area contributed by atoms with Gasteiger partial charge in [0.1, 0.15) is 12.4 Å². The average Bonchev–Trinajstić information content (AvgIpc) is 2.56. The topological polar surface area (TPSA) is 46.1 Å². The SMILES string of the molecule is CCOC1CCN(C(=NC)NCCOc2cccc(Br)c2)CC1.I. The lowest BCUT2D eigenvalue weighted by atomic mass is 10.1. The van der Waals surface area contributed by atoms with Gasteiger partial charge in [0, 0.05) is 31.2 Å². The van der Waals surface area contributed by atoms with Crippen LogP contribution in [-0.4, -0.2) is 56.9 Å². The van der Waals surface area contributed by atoms with Gasteiger partial charge in [-0.2, -0.15) is 0 Å². The maximum atomic E-state index is 5.73. The van der Waals surface area contributed by atoms with Crippen LogP contribution in [0.15, 0.2) is 33.7 Å². The van der Waals surface area contributed by atoms with Crippen molar-refractivity contribution in [2.24, 2.45) is 4.99 Å². The molecule has 0 saturated carbocycles. The zero-order chi connectivity index (χ0) is 16.5. The van der Waals surface area contributed by atoms with E-state index in [-0.39, 0.29) is 24.0 Å². The van der Waals surface area contributed by atoms with Crippen molar-refractivity contribution in [3.05, 3.63) is 28.7 Å². The Morgan fingerprint density at radius 3 is 2.75 bits per heavy atom. The van der Waals surface area contributed by atoms with Gasteiger partial charge in [0.2, 0.25) is 0 Å². The Morgan fingerprint density at radius 1 is 1.38 bits per heavy atom. The van der Waals surface area contributed by atoms with E-state index in [9.17, 15) is 0 Å². The standard InChI is InChI=1S/C17H26BrN3O2.HI/c1-3-22-15-7-10-21(11-8-15)17(19-2)20-9-12-23-16-6-4-5-14(18)13-16;/h4-6,13,15H,3,7-12H2,1-2H3,(H,19,20);1H. The molecule has 136 valence electrons. The lowest BCUT2D eigenvalue weighted by Gasteiger charge is -2.34. The van der Waals surface area contributed by atoms with E-state index in [0.29, 0.717) is 12.7 Å². The van der Waals surface area contributed by atoms with Crippen LogP contribution in [0.3, 0.4) is 0 Å². The van der Waals surface area contributed by atoms with Crippen molar-refractivity contribution in [3.63, 3.8) is 0 Å². The van der Waals surface area contributed by atoms with E-state index in [4.69, 9.17) is 9.47 Å². The lowest BCUT2D eigenvalue weighted by molar-refractivity contribution is 0.0263. The lowest BCUT2D eigenvalue weighted by Crippen LogP contribution is -2.47. The summed E-state index contributed by atoms with van der Waals surface area (Å²) in [4.78, 5) is 6.66. The molecule has 5 nitrogen and oxygen atoms in total. The molecule has 0 spiro atoms. The molecule has 0 aliphatic carbocycles. The fourth-order valence-electron chi connectivity index (χ4n) is 2.69. The second-order valence-electron chi connectivity index (χ2n) is 5.42. The van der Waals surface area contributed by atoms with Gasteiger partial charge in [-0.1, -0.05) is 22.0 Å². The van der Waals surface area contributed by atoms with Crippen molar-refractivity contribution in [1.82, 2.24) is 10.2 Å². The zero-order valence-corrected chi connectivity index (χ0v) is 18.2. The summed E-state index contributed by atoms with van der Waals surface area (Å²) in [6, 6.07) is 7.87.